The molecule has 0 aliphatic carbocycles. The molecule has 0 heterocycles. The monoisotopic (exact) mass is 460 g/mol. The van der Waals surface area contributed by atoms with Gasteiger partial charge in [-0.05, 0) is 17.5 Å². The van der Waals surface area contributed by atoms with E-state index in [1.54, 1.807) is 0 Å². The van der Waals surface area contributed by atoms with E-state index in [1.807, 2.05) is 60.7 Å². The Morgan fingerprint density at radius 2 is 1.20 bits per heavy atom. The van der Waals surface area contributed by atoms with Crippen LogP contribution in [0.4, 0.5) is 0 Å². The van der Waals surface area contributed by atoms with E-state index >= 15 is 0 Å². The van der Waals surface area contributed by atoms with Crippen LogP contribution < -0.4 is 0 Å². The Balaban J connectivity index is 0.000000553. The predicted molar refractivity (Wildman–Crippen MR) is 110 cm³/mol. The molecule has 5 N–H and O–H groups in total. The maximum absolute atomic E-state index is 9.72. The van der Waals surface area contributed by atoms with E-state index in [-0.39, 0.29) is 19.8 Å². The van der Waals surface area contributed by atoms with Crippen molar-refractivity contribution >= 4 is 16.5 Å². The number of aliphatic hydroxyl groups is 3. The maximum atomic E-state index is 9.72. The molecule has 11 heteroatoms. The lowest BCUT2D eigenvalue weighted by Gasteiger charge is -2.36. The molecule has 0 aliphatic rings. The molecule has 30 heavy (non-hydrogen) atoms. The minimum Gasteiger partial charge on any atom is -0.396 e. The highest BCUT2D eigenvalue weighted by molar-refractivity contribution is 7.46. The van der Waals surface area contributed by atoms with Gasteiger partial charge in [-0.2, -0.15) is 0 Å². The standard InChI is InChI=1S/C19H24O4.O5P2/c20-13-19(14-21,15-22)18(11-16-7-3-1-4-8-16)23-12-17-9-5-2-6-10-17;1-6(2)5-7(3)4/h1-10,18,20-22H,11-15H2;/p+2. The van der Waals surface area contributed by atoms with Gasteiger partial charge in [-0.25, -0.2) is 0 Å². The van der Waals surface area contributed by atoms with Crippen LogP contribution in [-0.2, 0) is 31.2 Å². The highest BCUT2D eigenvalue weighted by atomic mass is 31.2. The van der Waals surface area contributed by atoms with E-state index in [9.17, 15) is 24.4 Å². The van der Waals surface area contributed by atoms with Crippen LogP contribution in [0, 0.1) is 5.41 Å². The van der Waals surface area contributed by atoms with E-state index in [2.05, 4.69) is 4.31 Å². The second-order valence-electron chi connectivity index (χ2n) is 6.37. The first-order chi connectivity index (χ1) is 14.4. The average molecular weight is 460 g/mol. The Morgan fingerprint density at radius 1 is 0.767 bits per heavy atom. The summed E-state index contributed by atoms with van der Waals surface area (Å²) >= 11 is 0. The summed E-state index contributed by atoms with van der Waals surface area (Å²) in [6, 6.07) is 19.4. The first kappa shape index (κ1) is 26.4. The zero-order valence-electron chi connectivity index (χ0n) is 16.1. The van der Waals surface area contributed by atoms with Crippen molar-refractivity contribution in [3.05, 3.63) is 71.8 Å². The predicted octanol–water partition coefficient (Wildman–Crippen LogP) is 2.08. The number of hydrogen-bond acceptors (Lipinski definition) is 7. The van der Waals surface area contributed by atoms with Crippen LogP contribution in [0.5, 0.6) is 0 Å². The molecule has 0 saturated carbocycles. The molecule has 0 amide bonds. The van der Waals surface area contributed by atoms with Crippen molar-refractivity contribution in [1.82, 2.24) is 0 Å². The van der Waals surface area contributed by atoms with Gasteiger partial charge in [0.25, 0.3) is 0 Å². The van der Waals surface area contributed by atoms with Gasteiger partial charge in [0.2, 0.25) is 0 Å². The molecule has 0 aliphatic heterocycles. The van der Waals surface area contributed by atoms with Gasteiger partial charge in [0.05, 0.1) is 37.9 Å². The van der Waals surface area contributed by atoms with Crippen LogP contribution in [-0.4, -0.2) is 51.0 Å². The molecule has 164 valence electrons. The van der Waals surface area contributed by atoms with Crippen molar-refractivity contribution in [2.24, 2.45) is 5.41 Å². The van der Waals surface area contributed by atoms with Gasteiger partial charge < -0.3 is 20.1 Å². The molecule has 2 rings (SSSR count). The second-order valence-corrected chi connectivity index (χ2v) is 7.97. The summed E-state index contributed by atoms with van der Waals surface area (Å²) in [5.74, 6) is 0. The van der Waals surface area contributed by atoms with Crippen molar-refractivity contribution < 1.29 is 43.3 Å². The largest absolute Gasteiger partial charge is 0.745 e. The highest BCUT2D eigenvalue weighted by Gasteiger charge is 2.38. The molecule has 2 aromatic carbocycles. The van der Waals surface area contributed by atoms with Gasteiger partial charge in [0, 0.05) is 9.13 Å². The lowest BCUT2D eigenvalue weighted by Crippen LogP contribution is -2.47. The number of aliphatic hydroxyl groups excluding tert-OH is 3. The van der Waals surface area contributed by atoms with E-state index in [0.717, 1.165) is 11.1 Å². The molecule has 9 nitrogen and oxygen atoms in total. The number of hydrogen-bond donors (Lipinski definition) is 5. The van der Waals surface area contributed by atoms with E-state index < -0.39 is 28.0 Å². The number of benzene rings is 2. The third kappa shape index (κ3) is 9.45. The molecule has 0 aromatic heterocycles. The first-order valence-corrected chi connectivity index (χ1v) is 11.2. The number of rotatable bonds is 11. The normalized spacial score (nSPS) is 13.1. The molecular weight excluding hydrogens is 434 g/mol. The molecule has 0 saturated heterocycles. The van der Waals surface area contributed by atoms with Crippen LogP contribution in [0.1, 0.15) is 11.1 Å². The fourth-order valence-corrected chi connectivity index (χ4v) is 3.04. The molecule has 3 unspecified atom stereocenters. The Morgan fingerprint density at radius 3 is 1.57 bits per heavy atom. The molecule has 0 radical (unpaired) electrons. The summed E-state index contributed by atoms with van der Waals surface area (Å²) < 4.78 is 28.2. The van der Waals surface area contributed by atoms with Crippen LogP contribution >= 0.6 is 16.5 Å². The van der Waals surface area contributed by atoms with Crippen molar-refractivity contribution in [3.8, 4) is 0 Å². The minimum absolute atomic E-state index is 0.341. The van der Waals surface area contributed by atoms with E-state index in [1.165, 1.54) is 0 Å². The molecule has 3 atom stereocenters. The van der Waals surface area contributed by atoms with Gasteiger partial charge in [0.1, 0.15) is 0 Å². The van der Waals surface area contributed by atoms with Crippen molar-refractivity contribution in [2.45, 2.75) is 19.1 Å². The smallest absolute Gasteiger partial charge is 0.396 e. The summed E-state index contributed by atoms with van der Waals surface area (Å²) in [5, 5.41) is 29.2. The van der Waals surface area contributed by atoms with Crippen LogP contribution in [0.15, 0.2) is 60.7 Å². The Bertz CT molecular complexity index is 735. The first-order valence-electron chi connectivity index (χ1n) is 8.89. The summed E-state index contributed by atoms with van der Waals surface area (Å²) in [5.41, 5.74) is 0.962. The molecule has 2 aromatic rings. The van der Waals surface area contributed by atoms with Crippen LogP contribution in [0.2, 0.25) is 0 Å². The van der Waals surface area contributed by atoms with Crippen LogP contribution in [0.3, 0.4) is 0 Å². The van der Waals surface area contributed by atoms with E-state index in [0.29, 0.717) is 13.0 Å². The minimum atomic E-state index is -2.92. The van der Waals surface area contributed by atoms with E-state index in [4.69, 9.17) is 14.5 Å². The van der Waals surface area contributed by atoms with Gasteiger partial charge in [-0.3, -0.25) is 0 Å². The highest BCUT2D eigenvalue weighted by Crippen LogP contribution is 2.30. The van der Waals surface area contributed by atoms with Gasteiger partial charge >= 0.3 is 16.5 Å². The quantitative estimate of drug-likeness (QED) is 0.317. The topological polar surface area (TPSA) is 154 Å². The van der Waals surface area contributed by atoms with Crippen molar-refractivity contribution in [3.63, 3.8) is 0 Å². The zero-order valence-corrected chi connectivity index (χ0v) is 17.9. The maximum Gasteiger partial charge on any atom is 0.745 e. The summed E-state index contributed by atoms with van der Waals surface area (Å²) in [6.45, 7) is -0.662. The van der Waals surface area contributed by atoms with Crippen molar-refractivity contribution in [2.75, 3.05) is 19.8 Å². The van der Waals surface area contributed by atoms with Gasteiger partial charge in [0.15, 0.2) is 4.31 Å². The third-order valence-electron chi connectivity index (χ3n) is 4.33. The van der Waals surface area contributed by atoms with Crippen LogP contribution in [0.25, 0.3) is 0 Å². The fraction of sp³-hybridized carbons (Fsp3) is 0.368. The Kier molecular flexibility index (Phi) is 12.7. The number of ether oxygens (including phenoxy) is 1. The SMILES string of the molecule is O=[P+](O)O[P+](=O)O.OCC(CO)(CO)C(Cc1ccccc1)OCc1ccccc1. The van der Waals surface area contributed by atoms with Gasteiger partial charge in [-0.15, -0.1) is 9.79 Å². The van der Waals surface area contributed by atoms with Gasteiger partial charge in [-0.1, -0.05) is 60.7 Å². The zero-order chi connectivity index (χ0) is 22.4. The molecule has 0 bridgehead atoms. The lowest BCUT2D eigenvalue weighted by atomic mass is 9.81. The molecule has 0 fully saturated rings. The summed E-state index contributed by atoms with van der Waals surface area (Å²) in [4.78, 5) is 15.3. The molecule has 0 spiro atoms. The van der Waals surface area contributed by atoms with Crippen molar-refractivity contribution in [1.29, 1.82) is 0 Å². The summed E-state index contributed by atoms with van der Waals surface area (Å²) in [7, 11) is -5.85. The molecular formula is C19H26O9P2+2. The summed E-state index contributed by atoms with van der Waals surface area (Å²) in [6.07, 6.45) is 0.0140. The average Bonchev–Trinajstić information content (AvgIpc) is 2.74. The Labute approximate surface area is 176 Å². The second kappa shape index (κ2) is 14.4. The Hall–Kier alpha value is -1.64. The third-order valence-corrected chi connectivity index (χ3v) is 5.44. The fourth-order valence-electron chi connectivity index (χ4n) is 2.57. The lowest BCUT2D eigenvalue weighted by molar-refractivity contribution is -0.118.